The smallest absolute Gasteiger partial charge is 0.223 e. The number of nitrogens with one attached hydrogen (secondary N) is 1. The van der Waals surface area contributed by atoms with E-state index in [-0.39, 0.29) is 11.8 Å². The largest absolute Gasteiger partial charge is 0.353 e. The second-order valence-electron chi connectivity index (χ2n) is 4.37. The van der Waals surface area contributed by atoms with Gasteiger partial charge in [0.2, 0.25) is 5.91 Å². The van der Waals surface area contributed by atoms with E-state index in [9.17, 15) is 4.79 Å². The van der Waals surface area contributed by atoms with Gasteiger partial charge in [0.15, 0.2) is 0 Å². The minimum atomic E-state index is 0.125. The fourth-order valence-electron chi connectivity index (χ4n) is 2.87. The molecule has 2 fully saturated rings. The Hall–Kier alpha value is -1.04. The number of rotatable bonds is 2. The van der Waals surface area contributed by atoms with Gasteiger partial charge in [-0.05, 0) is 25.2 Å². The van der Waals surface area contributed by atoms with Gasteiger partial charge in [0, 0.05) is 18.4 Å². The third kappa shape index (κ3) is 1.61. The standard InChI is InChI=1S/C11H16N2O/c12-7-3-5-9-8-4-1-2-6-10(8)13-11(9)14/h8-10H,1-6H2,(H,13,14). The molecule has 1 saturated heterocycles. The molecule has 3 nitrogen and oxygen atoms in total. The molecule has 1 N–H and O–H groups in total. The van der Waals surface area contributed by atoms with E-state index in [2.05, 4.69) is 11.4 Å². The number of nitrogens with zero attached hydrogens (tertiary/aromatic N) is 1. The van der Waals surface area contributed by atoms with Crippen LogP contribution in [0.3, 0.4) is 0 Å². The summed E-state index contributed by atoms with van der Waals surface area (Å²) in [6.45, 7) is 0. The zero-order chi connectivity index (χ0) is 9.97. The molecule has 0 aromatic carbocycles. The van der Waals surface area contributed by atoms with E-state index in [4.69, 9.17) is 5.26 Å². The topological polar surface area (TPSA) is 52.9 Å². The van der Waals surface area contributed by atoms with Gasteiger partial charge < -0.3 is 5.32 Å². The predicted molar refractivity (Wildman–Crippen MR) is 52.2 cm³/mol. The first-order valence-electron chi connectivity index (χ1n) is 5.50. The zero-order valence-electron chi connectivity index (χ0n) is 8.33. The molecule has 76 valence electrons. The highest BCUT2D eigenvalue weighted by molar-refractivity contribution is 5.81. The molecule has 2 rings (SSSR count). The first-order valence-corrected chi connectivity index (χ1v) is 5.50. The van der Waals surface area contributed by atoms with Crippen LogP contribution in [-0.2, 0) is 4.79 Å². The Bertz CT molecular complexity index is 269. The van der Waals surface area contributed by atoms with Crippen LogP contribution in [0.4, 0.5) is 0 Å². The number of hydrogen-bond acceptors (Lipinski definition) is 2. The van der Waals surface area contributed by atoms with Crippen molar-refractivity contribution in [3.8, 4) is 6.07 Å². The van der Waals surface area contributed by atoms with E-state index in [1.54, 1.807) is 0 Å². The SMILES string of the molecule is N#CCCC1C(=O)NC2CCCCC21. The lowest BCUT2D eigenvalue weighted by molar-refractivity contribution is -0.123. The van der Waals surface area contributed by atoms with Crippen LogP contribution in [0.25, 0.3) is 0 Å². The molecule has 1 heterocycles. The Labute approximate surface area is 84.5 Å². The molecule has 0 aromatic rings. The molecule has 1 aliphatic carbocycles. The summed E-state index contributed by atoms with van der Waals surface area (Å²) in [4.78, 5) is 11.6. The minimum absolute atomic E-state index is 0.125. The van der Waals surface area contributed by atoms with E-state index in [1.807, 2.05) is 0 Å². The van der Waals surface area contributed by atoms with Gasteiger partial charge in [-0.1, -0.05) is 12.8 Å². The molecule has 14 heavy (non-hydrogen) atoms. The molecule has 1 saturated carbocycles. The minimum Gasteiger partial charge on any atom is -0.353 e. The third-order valence-corrected chi connectivity index (χ3v) is 3.57. The van der Waals surface area contributed by atoms with Crippen molar-refractivity contribution in [2.24, 2.45) is 11.8 Å². The van der Waals surface area contributed by atoms with Gasteiger partial charge in [-0.25, -0.2) is 0 Å². The number of fused-ring (bicyclic) bond motifs is 1. The third-order valence-electron chi connectivity index (χ3n) is 3.57. The number of carbonyl (C=O) groups is 1. The predicted octanol–water partition coefficient (Wildman–Crippen LogP) is 1.59. The molecule has 3 unspecified atom stereocenters. The average molecular weight is 192 g/mol. The number of hydrogen-bond donors (Lipinski definition) is 1. The summed E-state index contributed by atoms with van der Waals surface area (Å²) >= 11 is 0. The second kappa shape index (κ2) is 4.00. The van der Waals surface area contributed by atoms with Crippen LogP contribution in [0, 0.1) is 23.2 Å². The van der Waals surface area contributed by atoms with Crippen LogP contribution in [0.1, 0.15) is 38.5 Å². The zero-order valence-corrected chi connectivity index (χ0v) is 8.33. The maximum Gasteiger partial charge on any atom is 0.223 e. The van der Waals surface area contributed by atoms with Crippen molar-refractivity contribution in [3.05, 3.63) is 0 Å². The van der Waals surface area contributed by atoms with Gasteiger partial charge in [0.1, 0.15) is 0 Å². The molecule has 1 aliphatic heterocycles. The molecule has 2 aliphatic rings. The highest BCUT2D eigenvalue weighted by atomic mass is 16.2. The van der Waals surface area contributed by atoms with E-state index in [0.29, 0.717) is 18.4 Å². The number of amides is 1. The van der Waals surface area contributed by atoms with Crippen LogP contribution in [0.5, 0.6) is 0 Å². The molecular formula is C11H16N2O. The fraction of sp³-hybridized carbons (Fsp3) is 0.818. The van der Waals surface area contributed by atoms with Crippen LogP contribution < -0.4 is 5.32 Å². The highest BCUT2D eigenvalue weighted by Gasteiger charge is 2.42. The fourth-order valence-corrected chi connectivity index (χ4v) is 2.87. The molecule has 3 atom stereocenters. The lowest BCUT2D eigenvalue weighted by atomic mass is 9.78. The number of carbonyl (C=O) groups excluding carboxylic acids is 1. The van der Waals surface area contributed by atoms with Gasteiger partial charge in [0.05, 0.1) is 6.07 Å². The van der Waals surface area contributed by atoms with E-state index in [1.165, 1.54) is 19.3 Å². The summed E-state index contributed by atoms with van der Waals surface area (Å²) in [6, 6.07) is 2.55. The monoisotopic (exact) mass is 192 g/mol. The lowest BCUT2D eigenvalue weighted by Gasteiger charge is -2.26. The Morgan fingerprint density at radius 1 is 1.43 bits per heavy atom. The highest BCUT2D eigenvalue weighted by Crippen LogP contribution is 2.37. The summed E-state index contributed by atoms with van der Waals surface area (Å²) in [5.41, 5.74) is 0. The molecule has 0 radical (unpaired) electrons. The maximum atomic E-state index is 11.6. The molecule has 1 amide bonds. The van der Waals surface area contributed by atoms with E-state index in [0.717, 1.165) is 12.8 Å². The van der Waals surface area contributed by atoms with Gasteiger partial charge in [0.25, 0.3) is 0 Å². The first-order chi connectivity index (χ1) is 6.83. The first kappa shape index (κ1) is 9.51. The normalized spacial score (nSPS) is 35.9. The van der Waals surface area contributed by atoms with Gasteiger partial charge in [-0.2, -0.15) is 5.26 Å². The molecule has 3 heteroatoms. The van der Waals surface area contributed by atoms with Crippen LogP contribution in [0.15, 0.2) is 0 Å². The summed E-state index contributed by atoms with van der Waals surface area (Å²) in [5.74, 6) is 0.835. The Kier molecular flexibility index (Phi) is 2.72. The van der Waals surface area contributed by atoms with E-state index < -0.39 is 0 Å². The lowest BCUT2D eigenvalue weighted by Crippen LogP contribution is -2.31. The van der Waals surface area contributed by atoms with Crippen molar-refractivity contribution in [2.45, 2.75) is 44.6 Å². The van der Waals surface area contributed by atoms with Crippen LogP contribution in [-0.4, -0.2) is 11.9 Å². The Morgan fingerprint density at radius 2 is 2.21 bits per heavy atom. The second-order valence-corrected chi connectivity index (χ2v) is 4.37. The summed E-state index contributed by atoms with van der Waals surface area (Å²) in [7, 11) is 0. The quantitative estimate of drug-likeness (QED) is 0.722. The molecule has 0 aromatic heterocycles. The molecule has 0 bridgehead atoms. The summed E-state index contributed by atoms with van der Waals surface area (Å²) in [5, 5.41) is 11.6. The number of nitriles is 1. The summed E-state index contributed by atoms with van der Waals surface area (Å²) in [6.07, 6.45) is 6.06. The molecule has 0 spiro atoms. The van der Waals surface area contributed by atoms with E-state index >= 15 is 0 Å². The van der Waals surface area contributed by atoms with Crippen molar-refractivity contribution in [3.63, 3.8) is 0 Å². The van der Waals surface area contributed by atoms with Crippen molar-refractivity contribution in [1.29, 1.82) is 5.26 Å². The van der Waals surface area contributed by atoms with Gasteiger partial charge >= 0.3 is 0 Å². The molecular weight excluding hydrogens is 176 g/mol. The van der Waals surface area contributed by atoms with Gasteiger partial charge in [-0.15, -0.1) is 0 Å². The maximum absolute atomic E-state index is 11.6. The van der Waals surface area contributed by atoms with Crippen LogP contribution in [0.2, 0.25) is 0 Å². The Balaban J connectivity index is 2.01. The van der Waals surface area contributed by atoms with Crippen molar-refractivity contribution in [2.75, 3.05) is 0 Å². The van der Waals surface area contributed by atoms with Crippen LogP contribution >= 0.6 is 0 Å². The summed E-state index contributed by atoms with van der Waals surface area (Å²) < 4.78 is 0. The van der Waals surface area contributed by atoms with Crippen molar-refractivity contribution in [1.82, 2.24) is 5.32 Å². The average Bonchev–Trinajstić information content (AvgIpc) is 2.51. The van der Waals surface area contributed by atoms with Gasteiger partial charge in [-0.3, -0.25) is 4.79 Å². The Morgan fingerprint density at radius 3 is 3.00 bits per heavy atom. The van der Waals surface area contributed by atoms with Crippen molar-refractivity contribution >= 4 is 5.91 Å². The van der Waals surface area contributed by atoms with Crippen molar-refractivity contribution < 1.29 is 4.79 Å².